The molecule has 1 aliphatic heterocycles. The van der Waals surface area contributed by atoms with Gasteiger partial charge in [0.2, 0.25) is 23.6 Å². The minimum Gasteiger partial charge on any atom is -0.339 e. The lowest BCUT2D eigenvalue weighted by molar-refractivity contribution is -0.160. The van der Waals surface area contributed by atoms with Crippen molar-refractivity contribution in [2.75, 3.05) is 31.1 Å². The van der Waals surface area contributed by atoms with E-state index in [0.717, 1.165) is 12.8 Å². The van der Waals surface area contributed by atoms with Gasteiger partial charge in [0.15, 0.2) is 0 Å². The van der Waals surface area contributed by atoms with E-state index in [1.54, 1.807) is 9.80 Å². The lowest BCUT2D eigenvalue weighted by Gasteiger charge is -2.40. The standard InChI is InChI=1S/C16H19F3N4O2/c17-11-12(9-1-2-9)20-15(21-13(11)24)23-5-3-22(4-6-23)14(25)10-7-16(18,19)8-10/h9-10H,1-8H2,(H,20,21,24). The van der Waals surface area contributed by atoms with E-state index in [4.69, 9.17) is 0 Å². The van der Waals surface area contributed by atoms with Gasteiger partial charge < -0.3 is 9.80 Å². The molecule has 3 aliphatic rings. The van der Waals surface area contributed by atoms with Crippen LogP contribution in [0.2, 0.25) is 0 Å². The lowest BCUT2D eigenvalue weighted by Crippen LogP contribution is -2.54. The Hall–Kier alpha value is -2.06. The second kappa shape index (κ2) is 5.74. The zero-order valence-electron chi connectivity index (χ0n) is 13.6. The molecule has 3 fully saturated rings. The topological polar surface area (TPSA) is 69.3 Å². The molecule has 1 aromatic heterocycles. The van der Waals surface area contributed by atoms with Gasteiger partial charge in [0.05, 0.1) is 5.69 Å². The molecule has 6 nitrogen and oxygen atoms in total. The largest absolute Gasteiger partial charge is 0.339 e. The SMILES string of the molecule is O=C(C1CC(F)(F)C1)N1CCN(c2nc(C3CC3)c(F)c(=O)[nH]2)CC1. The molecule has 4 rings (SSSR count). The van der Waals surface area contributed by atoms with Gasteiger partial charge in [0.25, 0.3) is 5.56 Å². The molecule has 0 unspecified atom stereocenters. The normalized spacial score (nSPS) is 23.5. The maximum Gasteiger partial charge on any atom is 0.288 e. The number of halogens is 3. The zero-order chi connectivity index (χ0) is 17.8. The quantitative estimate of drug-likeness (QED) is 0.891. The highest BCUT2D eigenvalue weighted by Crippen LogP contribution is 2.43. The summed E-state index contributed by atoms with van der Waals surface area (Å²) in [6.07, 6.45) is 0.926. The molecule has 136 valence electrons. The highest BCUT2D eigenvalue weighted by molar-refractivity contribution is 5.80. The Bertz CT molecular complexity index is 746. The smallest absolute Gasteiger partial charge is 0.288 e. The fraction of sp³-hybridized carbons (Fsp3) is 0.688. The maximum absolute atomic E-state index is 13.9. The second-order valence-electron chi connectivity index (χ2n) is 7.14. The van der Waals surface area contributed by atoms with E-state index in [9.17, 15) is 22.8 Å². The predicted molar refractivity (Wildman–Crippen MR) is 83.3 cm³/mol. The van der Waals surface area contributed by atoms with Crippen LogP contribution in [0.5, 0.6) is 0 Å². The first-order chi connectivity index (χ1) is 11.8. The molecule has 25 heavy (non-hydrogen) atoms. The number of nitrogens with zero attached hydrogens (tertiary/aromatic N) is 3. The summed E-state index contributed by atoms with van der Waals surface area (Å²) in [6, 6.07) is 0. The van der Waals surface area contributed by atoms with Crippen molar-refractivity contribution < 1.29 is 18.0 Å². The van der Waals surface area contributed by atoms with Gasteiger partial charge in [-0.2, -0.15) is 4.39 Å². The van der Waals surface area contributed by atoms with Crippen LogP contribution >= 0.6 is 0 Å². The number of anilines is 1. The highest BCUT2D eigenvalue weighted by atomic mass is 19.3. The van der Waals surface area contributed by atoms with E-state index >= 15 is 0 Å². The van der Waals surface area contributed by atoms with Crippen molar-refractivity contribution in [3.05, 3.63) is 21.9 Å². The van der Waals surface area contributed by atoms with Crippen LogP contribution < -0.4 is 10.5 Å². The van der Waals surface area contributed by atoms with Crippen molar-refractivity contribution in [1.29, 1.82) is 0 Å². The molecule has 2 saturated carbocycles. The number of amides is 1. The van der Waals surface area contributed by atoms with Crippen LogP contribution in [0, 0.1) is 11.7 Å². The molecule has 0 aromatic carbocycles. The zero-order valence-corrected chi connectivity index (χ0v) is 13.6. The summed E-state index contributed by atoms with van der Waals surface area (Å²) in [5, 5.41) is 0. The van der Waals surface area contributed by atoms with Crippen LogP contribution in [-0.2, 0) is 4.79 Å². The van der Waals surface area contributed by atoms with Crippen LogP contribution in [0.25, 0.3) is 0 Å². The van der Waals surface area contributed by atoms with E-state index in [2.05, 4.69) is 9.97 Å². The lowest BCUT2D eigenvalue weighted by atomic mass is 9.80. The molecule has 0 radical (unpaired) electrons. The summed E-state index contributed by atoms with van der Waals surface area (Å²) in [7, 11) is 0. The molecule has 2 heterocycles. The summed E-state index contributed by atoms with van der Waals surface area (Å²) in [5.74, 6) is -4.01. The van der Waals surface area contributed by atoms with E-state index < -0.39 is 23.2 Å². The van der Waals surface area contributed by atoms with Gasteiger partial charge in [-0.25, -0.2) is 13.8 Å². The molecule has 9 heteroatoms. The summed E-state index contributed by atoms with van der Waals surface area (Å²) >= 11 is 0. The minimum absolute atomic E-state index is 0.0178. The monoisotopic (exact) mass is 356 g/mol. The minimum atomic E-state index is -2.71. The Balaban J connectivity index is 1.41. The summed E-state index contributed by atoms with van der Waals surface area (Å²) in [5.41, 5.74) is -0.559. The van der Waals surface area contributed by atoms with Crippen molar-refractivity contribution in [2.24, 2.45) is 5.92 Å². The van der Waals surface area contributed by atoms with Gasteiger partial charge in [0.1, 0.15) is 0 Å². The number of piperazine rings is 1. The van der Waals surface area contributed by atoms with E-state index in [0.29, 0.717) is 32.1 Å². The van der Waals surface area contributed by atoms with Crippen LogP contribution in [0.1, 0.15) is 37.3 Å². The number of alkyl halides is 2. The van der Waals surface area contributed by atoms with Crippen LogP contribution in [0.4, 0.5) is 19.1 Å². The molecule has 0 spiro atoms. The van der Waals surface area contributed by atoms with E-state index in [-0.39, 0.29) is 30.4 Å². The van der Waals surface area contributed by atoms with Crippen LogP contribution in [-0.4, -0.2) is 52.9 Å². The number of carbonyl (C=O) groups excluding carboxylic acids is 1. The third-order valence-electron chi connectivity index (χ3n) is 5.17. The Morgan fingerprint density at radius 3 is 2.36 bits per heavy atom. The summed E-state index contributed by atoms with van der Waals surface area (Å²) in [4.78, 5) is 34.1. The molecule has 0 bridgehead atoms. The van der Waals surface area contributed by atoms with Gasteiger partial charge in [-0.1, -0.05) is 0 Å². The average Bonchev–Trinajstić information content (AvgIpc) is 3.39. The van der Waals surface area contributed by atoms with Crippen molar-refractivity contribution in [3.63, 3.8) is 0 Å². The number of hydrogen-bond acceptors (Lipinski definition) is 4. The number of aromatic nitrogens is 2. The third kappa shape index (κ3) is 3.11. The summed E-state index contributed by atoms with van der Waals surface area (Å²) < 4.78 is 39.7. The molecule has 2 aliphatic carbocycles. The molecule has 1 N–H and O–H groups in total. The van der Waals surface area contributed by atoms with Gasteiger partial charge in [-0.3, -0.25) is 14.6 Å². The Morgan fingerprint density at radius 2 is 1.80 bits per heavy atom. The Labute approximate surface area is 142 Å². The number of rotatable bonds is 3. The maximum atomic E-state index is 13.9. The van der Waals surface area contributed by atoms with Gasteiger partial charge in [0, 0.05) is 50.9 Å². The number of aromatic amines is 1. The number of H-pyrrole nitrogens is 1. The second-order valence-corrected chi connectivity index (χ2v) is 7.14. The van der Waals surface area contributed by atoms with Crippen LogP contribution in [0.3, 0.4) is 0 Å². The van der Waals surface area contributed by atoms with Crippen LogP contribution in [0.15, 0.2) is 4.79 Å². The van der Waals surface area contributed by atoms with Crippen molar-refractivity contribution >= 4 is 11.9 Å². The third-order valence-corrected chi connectivity index (χ3v) is 5.17. The fourth-order valence-corrected chi connectivity index (χ4v) is 3.47. The van der Waals surface area contributed by atoms with E-state index in [1.165, 1.54) is 0 Å². The highest BCUT2D eigenvalue weighted by Gasteiger charge is 2.50. The average molecular weight is 356 g/mol. The molecular formula is C16H19F3N4O2. The van der Waals surface area contributed by atoms with Crippen molar-refractivity contribution in [2.45, 2.75) is 37.5 Å². The molecule has 1 saturated heterocycles. The Kier molecular flexibility index (Phi) is 3.77. The summed E-state index contributed by atoms with van der Waals surface area (Å²) in [6.45, 7) is 1.60. The van der Waals surface area contributed by atoms with E-state index in [1.807, 2.05) is 0 Å². The van der Waals surface area contributed by atoms with Gasteiger partial charge in [-0.15, -0.1) is 0 Å². The van der Waals surface area contributed by atoms with Gasteiger partial charge >= 0.3 is 0 Å². The molecular weight excluding hydrogens is 337 g/mol. The first kappa shape index (κ1) is 16.4. The number of hydrogen-bond donors (Lipinski definition) is 1. The fourth-order valence-electron chi connectivity index (χ4n) is 3.47. The first-order valence-corrected chi connectivity index (χ1v) is 8.55. The molecule has 0 atom stereocenters. The first-order valence-electron chi connectivity index (χ1n) is 8.55. The predicted octanol–water partition coefficient (Wildman–Crippen LogP) is 1.48. The molecule has 1 aromatic rings. The number of nitrogens with one attached hydrogen (secondary N) is 1. The molecule has 1 amide bonds. The van der Waals surface area contributed by atoms with Gasteiger partial charge in [-0.05, 0) is 12.8 Å². The van der Waals surface area contributed by atoms with Crippen molar-refractivity contribution in [3.8, 4) is 0 Å². The van der Waals surface area contributed by atoms with Crippen molar-refractivity contribution in [1.82, 2.24) is 14.9 Å². The number of carbonyl (C=O) groups is 1. The Morgan fingerprint density at radius 1 is 1.16 bits per heavy atom.